The van der Waals surface area contributed by atoms with E-state index in [-0.39, 0.29) is 17.8 Å². The normalized spacial score (nSPS) is 28.1. The first-order chi connectivity index (χ1) is 12.3. The van der Waals surface area contributed by atoms with Crippen molar-refractivity contribution >= 4 is 41.0 Å². The Hall–Kier alpha value is -1.78. The highest BCUT2D eigenvalue weighted by atomic mass is 32.2. The minimum atomic E-state index is -1.01. The van der Waals surface area contributed by atoms with Crippen molar-refractivity contribution in [2.24, 2.45) is 11.1 Å². The highest BCUT2D eigenvalue weighted by Gasteiger charge is 2.55. The Bertz CT molecular complexity index is 917. The average molecular weight is 393 g/mol. The molecule has 138 valence electrons. The van der Waals surface area contributed by atoms with Crippen molar-refractivity contribution in [2.75, 3.05) is 18.1 Å². The molecule has 0 spiro atoms. The number of carbonyl (C=O) groups is 2. The predicted molar refractivity (Wildman–Crippen MR) is 99.2 cm³/mol. The fourth-order valence-electron chi connectivity index (χ4n) is 3.30. The maximum atomic E-state index is 12.1. The number of rotatable bonds is 4. The van der Waals surface area contributed by atoms with Crippen LogP contribution in [0.3, 0.4) is 0 Å². The molecule has 1 amide bonds. The summed E-state index contributed by atoms with van der Waals surface area (Å²) in [7, 11) is 0. The summed E-state index contributed by atoms with van der Waals surface area (Å²) < 4.78 is 1.74. The zero-order valence-corrected chi connectivity index (χ0v) is 16.0. The molecule has 0 saturated carbocycles. The van der Waals surface area contributed by atoms with Crippen molar-refractivity contribution in [3.05, 3.63) is 23.5 Å². The van der Waals surface area contributed by atoms with Crippen LogP contribution < -0.4 is 5.73 Å². The third kappa shape index (κ3) is 2.67. The number of carboxylic acids is 1. The van der Waals surface area contributed by atoms with E-state index in [1.807, 2.05) is 26.0 Å². The number of carboxylic acid groups (broad SMARTS) is 1. The zero-order chi connectivity index (χ0) is 18.6. The molecule has 0 bridgehead atoms. The van der Waals surface area contributed by atoms with E-state index in [4.69, 9.17) is 5.73 Å². The van der Waals surface area contributed by atoms with Gasteiger partial charge in [0, 0.05) is 29.8 Å². The molecular formula is C16H19N5O3S2. The molecule has 2 aliphatic heterocycles. The zero-order valence-electron chi connectivity index (χ0n) is 14.4. The third-order valence-electron chi connectivity index (χ3n) is 4.78. The quantitative estimate of drug-likeness (QED) is 0.444. The summed E-state index contributed by atoms with van der Waals surface area (Å²) in [5, 5.41) is 15.1. The summed E-state index contributed by atoms with van der Waals surface area (Å²) in [4.78, 5) is 30.1. The largest absolute Gasteiger partial charge is 0.481 e. The number of hydrogen-bond donors (Lipinski definition) is 2. The van der Waals surface area contributed by atoms with Gasteiger partial charge in [0.2, 0.25) is 5.91 Å². The van der Waals surface area contributed by atoms with Crippen molar-refractivity contribution in [2.45, 2.75) is 30.3 Å². The van der Waals surface area contributed by atoms with Crippen molar-refractivity contribution in [3.8, 4) is 0 Å². The minimum Gasteiger partial charge on any atom is -0.481 e. The van der Waals surface area contributed by atoms with Crippen molar-refractivity contribution < 1.29 is 14.7 Å². The van der Waals surface area contributed by atoms with Crippen LogP contribution in [0.25, 0.3) is 5.65 Å². The molecule has 10 heteroatoms. The summed E-state index contributed by atoms with van der Waals surface area (Å²) in [6, 6.07) is 3.29. The van der Waals surface area contributed by atoms with E-state index in [0.717, 1.165) is 22.1 Å². The number of nitrogens with two attached hydrogens (primary N) is 1. The standard InChI is InChI=1S/C16H19N5O3S2/c1-8-4-11(21-10(18-8)3-9(2)19-21)25-6-16(15(23)24)5-20-13(22)12(17)14(20)26-7-16/h3-4,12,14H,5-7,17H2,1-2H3,(H,23,24)/t12?,14-,16?/m1/s1. The summed E-state index contributed by atoms with van der Waals surface area (Å²) in [5.74, 6) is -0.271. The molecule has 3 atom stereocenters. The van der Waals surface area contributed by atoms with E-state index >= 15 is 0 Å². The van der Waals surface area contributed by atoms with E-state index in [0.29, 0.717) is 11.5 Å². The Balaban J connectivity index is 1.59. The number of carbonyl (C=O) groups excluding carboxylic acids is 1. The molecular weight excluding hydrogens is 374 g/mol. The number of nitrogens with zero attached hydrogens (tertiary/aromatic N) is 4. The Labute approximate surface area is 158 Å². The van der Waals surface area contributed by atoms with E-state index in [1.54, 1.807) is 9.42 Å². The van der Waals surface area contributed by atoms with Gasteiger partial charge in [-0.05, 0) is 19.9 Å². The number of aryl methyl sites for hydroxylation is 2. The Morgan fingerprint density at radius 3 is 2.96 bits per heavy atom. The maximum Gasteiger partial charge on any atom is 0.313 e. The van der Waals surface area contributed by atoms with Crippen LogP contribution in [-0.2, 0) is 9.59 Å². The van der Waals surface area contributed by atoms with Crippen molar-refractivity contribution in [1.29, 1.82) is 0 Å². The Morgan fingerprint density at radius 1 is 1.46 bits per heavy atom. The first-order valence-electron chi connectivity index (χ1n) is 8.19. The van der Waals surface area contributed by atoms with Gasteiger partial charge in [-0.1, -0.05) is 0 Å². The number of hydrogen-bond acceptors (Lipinski definition) is 7. The van der Waals surface area contributed by atoms with Gasteiger partial charge < -0.3 is 15.7 Å². The molecule has 2 unspecified atom stereocenters. The van der Waals surface area contributed by atoms with E-state index in [1.165, 1.54) is 23.5 Å². The lowest BCUT2D eigenvalue weighted by molar-refractivity contribution is -0.155. The fraction of sp³-hybridized carbons (Fsp3) is 0.500. The maximum absolute atomic E-state index is 12.1. The molecule has 2 aliphatic rings. The van der Waals surface area contributed by atoms with Gasteiger partial charge >= 0.3 is 5.97 Å². The van der Waals surface area contributed by atoms with E-state index < -0.39 is 17.4 Å². The molecule has 26 heavy (non-hydrogen) atoms. The van der Waals surface area contributed by atoms with Crippen LogP contribution in [0.2, 0.25) is 0 Å². The number of fused-ring (bicyclic) bond motifs is 2. The monoisotopic (exact) mass is 393 g/mol. The first kappa shape index (κ1) is 17.6. The average Bonchev–Trinajstić information content (AvgIpc) is 2.98. The Morgan fingerprint density at radius 2 is 2.23 bits per heavy atom. The lowest BCUT2D eigenvalue weighted by Crippen LogP contribution is -2.72. The van der Waals surface area contributed by atoms with Crippen LogP contribution in [0.4, 0.5) is 0 Å². The van der Waals surface area contributed by atoms with E-state index in [2.05, 4.69) is 10.1 Å². The second-order valence-electron chi connectivity index (χ2n) is 6.86. The highest BCUT2D eigenvalue weighted by molar-refractivity contribution is 8.00. The molecule has 2 aromatic heterocycles. The van der Waals surface area contributed by atoms with Gasteiger partial charge in [0.15, 0.2) is 5.65 Å². The topological polar surface area (TPSA) is 114 Å². The van der Waals surface area contributed by atoms with Gasteiger partial charge in [0.1, 0.15) is 21.9 Å². The number of β-lactam (4-membered cyclic amide) rings is 1. The number of amides is 1. The smallest absolute Gasteiger partial charge is 0.313 e. The third-order valence-corrected chi connectivity index (χ3v) is 7.67. The van der Waals surface area contributed by atoms with Crippen molar-refractivity contribution in [1.82, 2.24) is 19.5 Å². The summed E-state index contributed by atoms with van der Waals surface area (Å²) in [5.41, 5.74) is 7.25. The lowest BCUT2D eigenvalue weighted by atomic mass is 9.89. The second kappa shape index (κ2) is 6.14. The Kier molecular flexibility index (Phi) is 4.16. The number of aliphatic carboxylic acids is 1. The van der Waals surface area contributed by atoms with Gasteiger partial charge in [-0.2, -0.15) is 5.10 Å². The van der Waals surface area contributed by atoms with Gasteiger partial charge in [-0.15, -0.1) is 23.5 Å². The van der Waals surface area contributed by atoms with Crippen LogP contribution in [-0.4, -0.2) is 65.9 Å². The molecule has 4 heterocycles. The van der Waals surface area contributed by atoms with Crippen LogP contribution in [0.1, 0.15) is 11.4 Å². The van der Waals surface area contributed by atoms with Crippen LogP contribution in [0.15, 0.2) is 17.2 Å². The van der Waals surface area contributed by atoms with Gasteiger partial charge in [0.05, 0.1) is 5.69 Å². The van der Waals surface area contributed by atoms with Crippen molar-refractivity contribution in [3.63, 3.8) is 0 Å². The molecule has 2 fully saturated rings. The van der Waals surface area contributed by atoms with E-state index in [9.17, 15) is 14.7 Å². The molecule has 2 aromatic rings. The summed E-state index contributed by atoms with van der Waals surface area (Å²) in [6.07, 6.45) is 0. The molecule has 0 aliphatic carbocycles. The number of aromatic nitrogens is 3. The van der Waals surface area contributed by atoms with Gasteiger partial charge in [-0.25, -0.2) is 9.50 Å². The molecule has 0 aromatic carbocycles. The molecule has 3 N–H and O–H groups in total. The van der Waals surface area contributed by atoms with Gasteiger partial charge in [-0.3, -0.25) is 9.59 Å². The van der Waals surface area contributed by atoms with Crippen LogP contribution in [0, 0.1) is 19.3 Å². The van der Waals surface area contributed by atoms with Gasteiger partial charge in [0.25, 0.3) is 0 Å². The molecule has 2 saturated heterocycles. The summed E-state index contributed by atoms with van der Waals surface area (Å²) >= 11 is 2.89. The first-order valence-corrected chi connectivity index (χ1v) is 10.2. The van der Waals surface area contributed by atoms with Crippen LogP contribution >= 0.6 is 23.5 Å². The molecule has 0 radical (unpaired) electrons. The number of thioether (sulfide) groups is 2. The minimum absolute atomic E-state index is 0.0939. The second-order valence-corrected chi connectivity index (χ2v) is 8.96. The highest BCUT2D eigenvalue weighted by Crippen LogP contribution is 2.43. The SMILES string of the molecule is Cc1cc(SCC2(C(=O)O)CS[C@@H]3C(N)C(=O)N3C2)n2nc(C)cc2n1. The molecule has 4 rings (SSSR count). The fourth-order valence-corrected chi connectivity index (χ4v) is 6.17. The lowest BCUT2D eigenvalue weighted by Gasteiger charge is -2.52. The summed E-state index contributed by atoms with van der Waals surface area (Å²) in [6.45, 7) is 4.00. The van der Waals surface area contributed by atoms with Crippen LogP contribution in [0.5, 0.6) is 0 Å². The predicted octanol–water partition coefficient (Wildman–Crippen LogP) is 0.752. The molecule has 8 nitrogen and oxygen atoms in total.